The first-order chi connectivity index (χ1) is 10.2. The van der Waals surface area contributed by atoms with Crippen molar-refractivity contribution in [3.05, 3.63) is 11.4 Å². The molecule has 1 aliphatic rings. The zero-order chi connectivity index (χ0) is 15.2. The third kappa shape index (κ3) is 3.72. The van der Waals surface area contributed by atoms with Crippen LogP contribution >= 0.6 is 11.6 Å². The number of ether oxygens (including phenoxy) is 1. The summed E-state index contributed by atoms with van der Waals surface area (Å²) >= 11 is 5.86. The fraction of sp³-hybridized carbons (Fsp3) is 0.692. The molecule has 2 heterocycles. The topological polar surface area (TPSA) is 77.3 Å². The molecule has 0 saturated carbocycles. The molecule has 0 bridgehead atoms. The Morgan fingerprint density at radius 1 is 1.29 bits per heavy atom. The molecule has 0 N–H and O–H groups in total. The lowest BCUT2D eigenvalue weighted by Gasteiger charge is -2.26. The number of esters is 1. The Bertz CT molecular complexity index is 512. The van der Waals surface area contributed by atoms with Crippen molar-refractivity contribution < 1.29 is 14.3 Å². The highest BCUT2D eigenvalue weighted by atomic mass is 35.5. The van der Waals surface area contributed by atoms with Gasteiger partial charge in [-0.05, 0) is 26.2 Å². The normalized spacial score (nSPS) is 15.0. The van der Waals surface area contributed by atoms with E-state index in [1.807, 2.05) is 4.90 Å². The molecule has 21 heavy (non-hydrogen) atoms. The van der Waals surface area contributed by atoms with Gasteiger partial charge in [0.15, 0.2) is 5.69 Å². The molecular weight excluding hydrogens is 296 g/mol. The van der Waals surface area contributed by atoms with Gasteiger partial charge >= 0.3 is 5.97 Å². The van der Waals surface area contributed by atoms with Gasteiger partial charge in [-0.15, -0.1) is 16.7 Å². The van der Waals surface area contributed by atoms with Gasteiger partial charge in [-0.1, -0.05) is 5.21 Å². The SMILES string of the molecule is CCOC(=O)c1nnn(CC(=O)N2CCCCC2)c1CCl. The van der Waals surface area contributed by atoms with Crippen molar-refractivity contribution in [3.63, 3.8) is 0 Å². The Labute approximate surface area is 128 Å². The fourth-order valence-electron chi connectivity index (χ4n) is 2.32. The van der Waals surface area contributed by atoms with Gasteiger partial charge < -0.3 is 9.64 Å². The molecule has 0 aromatic carbocycles. The number of carbonyl (C=O) groups excluding carboxylic acids is 2. The molecule has 0 aliphatic carbocycles. The predicted octanol–water partition coefficient (Wildman–Crippen LogP) is 1.21. The number of hydrogen-bond acceptors (Lipinski definition) is 5. The van der Waals surface area contributed by atoms with Gasteiger partial charge in [0.25, 0.3) is 0 Å². The molecule has 116 valence electrons. The third-order valence-corrected chi connectivity index (χ3v) is 3.68. The molecule has 2 rings (SSSR count). The van der Waals surface area contributed by atoms with Gasteiger partial charge in [-0.2, -0.15) is 0 Å². The Morgan fingerprint density at radius 3 is 2.62 bits per heavy atom. The van der Waals surface area contributed by atoms with E-state index in [2.05, 4.69) is 10.3 Å². The van der Waals surface area contributed by atoms with E-state index < -0.39 is 5.97 Å². The molecule has 1 aromatic heterocycles. The minimum Gasteiger partial charge on any atom is -0.461 e. The van der Waals surface area contributed by atoms with Crippen molar-refractivity contribution in [2.24, 2.45) is 0 Å². The number of carbonyl (C=O) groups is 2. The van der Waals surface area contributed by atoms with Crippen LogP contribution in [-0.2, 0) is 22.0 Å². The Hall–Kier alpha value is -1.63. The number of aromatic nitrogens is 3. The molecule has 1 saturated heterocycles. The maximum atomic E-state index is 12.2. The van der Waals surface area contributed by atoms with Crippen LogP contribution in [0.1, 0.15) is 42.4 Å². The standard InChI is InChI=1S/C13H19ClN4O3/c1-2-21-13(20)12-10(8-14)18(16-15-12)9-11(19)17-6-4-3-5-7-17/h2-9H2,1H3. The number of nitrogens with zero attached hydrogens (tertiary/aromatic N) is 4. The summed E-state index contributed by atoms with van der Waals surface area (Å²) in [4.78, 5) is 25.8. The lowest BCUT2D eigenvalue weighted by Crippen LogP contribution is -2.38. The highest BCUT2D eigenvalue weighted by molar-refractivity contribution is 6.17. The maximum Gasteiger partial charge on any atom is 0.360 e. The number of rotatable bonds is 5. The van der Waals surface area contributed by atoms with Crippen molar-refractivity contribution >= 4 is 23.5 Å². The summed E-state index contributed by atoms with van der Waals surface area (Å²) in [7, 11) is 0. The van der Waals surface area contributed by atoms with Gasteiger partial charge in [0.05, 0.1) is 18.2 Å². The molecule has 8 heteroatoms. The van der Waals surface area contributed by atoms with E-state index in [4.69, 9.17) is 16.3 Å². The van der Waals surface area contributed by atoms with Gasteiger partial charge in [0, 0.05) is 13.1 Å². The summed E-state index contributed by atoms with van der Waals surface area (Å²) in [5.41, 5.74) is 0.499. The predicted molar refractivity (Wildman–Crippen MR) is 76.0 cm³/mol. The lowest BCUT2D eigenvalue weighted by molar-refractivity contribution is -0.133. The lowest BCUT2D eigenvalue weighted by atomic mass is 10.1. The first kappa shape index (κ1) is 15.8. The van der Waals surface area contributed by atoms with Crippen molar-refractivity contribution in [2.75, 3.05) is 19.7 Å². The largest absolute Gasteiger partial charge is 0.461 e. The Morgan fingerprint density at radius 2 is 2.00 bits per heavy atom. The van der Waals surface area contributed by atoms with E-state index in [1.54, 1.807) is 6.92 Å². The fourth-order valence-corrected chi connectivity index (χ4v) is 2.59. The number of amides is 1. The highest BCUT2D eigenvalue weighted by Gasteiger charge is 2.23. The second-order valence-electron chi connectivity index (χ2n) is 4.84. The summed E-state index contributed by atoms with van der Waals surface area (Å²) in [6, 6.07) is 0. The van der Waals surface area contributed by atoms with Gasteiger partial charge in [0.2, 0.25) is 5.91 Å². The molecule has 0 unspecified atom stereocenters. The zero-order valence-electron chi connectivity index (χ0n) is 12.0. The van der Waals surface area contributed by atoms with Crippen LogP contribution in [0.15, 0.2) is 0 Å². The second-order valence-corrected chi connectivity index (χ2v) is 5.11. The zero-order valence-corrected chi connectivity index (χ0v) is 12.8. The van der Waals surface area contributed by atoms with E-state index >= 15 is 0 Å². The Balaban J connectivity index is 2.09. The van der Waals surface area contributed by atoms with E-state index in [0.29, 0.717) is 5.69 Å². The average molecular weight is 315 g/mol. The molecule has 7 nitrogen and oxygen atoms in total. The molecule has 1 fully saturated rings. The van der Waals surface area contributed by atoms with Crippen molar-refractivity contribution in [2.45, 2.75) is 38.6 Å². The number of likely N-dealkylation sites (tertiary alicyclic amines) is 1. The van der Waals surface area contributed by atoms with Crippen LogP contribution in [-0.4, -0.2) is 51.5 Å². The minimum absolute atomic E-state index is 0.0265. The van der Waals surface area contributed by atoms with Crippen molar-refractivity contribution in [1.29, 1.82) is 0 Å². The van der Waals surface area contributed by atoms with Crippen LogP contribution in [0.3, 0.4) is 0 Å². The van der Waals surface area contributed by atoms with Crippen LogP contribution in [0, 0.1) is 0 Å². The summed E-state index contributed by atoms with van der Waals surface area (Å²) < 4.78 is 6.28. The second kappa shape index (κ2) is 7.40. The molecule has 0 radical (unpaired) electrons. The number of piperidine rings is 1. The number of alkyl halides is 1. The van der Waals surface area contributed by atoms with Crippen LogP contribution < -0.4 is 0 Å². The molecule has 1 aromatic rings. The summed E-state index contributed by atoms with van der Waals surface area (Å²) in [5, 5.41) is 7.65. The first-order valence-electron chi connectivity index (χ1n) is 7.10. The van der Waals surface area contributed by atoms with Gasteiger partial charge in [-0.25, -0.2) is 9.48 Å². The average Bonchev–Trinajstić information content (AvgIpc) is 2.91. The third-order valence-electron chi connectivity index (χ3n) is 3.43. The molecule has 1 amide bonds. The Kier molecular flexibility index (Phi) is 5.55. The van der Waals surface area contributed by atoms with E-state index in [-0.39, 0.29) is 30.6 Å². The summed E-state index contributed by atoms with van der Waals surface area (Å²) in [5.74, 6) is -0.541. The summed E-state index contributed by atoms with van der Waals surface area (Å²) in [6.07, 6.45) is 3.21. The quantitative estimate of drug-likeness (QED) is 0.603. The maximum absolute atomic E-state index is 12.2. The molecule has 0 spiro atoms. The molecule has 1 aliphatic heterocycles. The van der Waals surface area contributed by atoms with Crippen molar-refractivity contribution in [1.82, 2.24) is 19.9 Å². The van der Waals surface area contributed by atoms with Gasteiger partial charge in [-0.3, -0.25) is 4.79 Å². The summed E-state index contributed by atoms with van der Waals surface area (Å²) in [6.45, 7) is 3.56. The monoisotopic (exact) mass is 314 g/mol. The minimum atomic E-state index is -0.565. The van der Waals surface area contributed by atoms with Crippen LogP contribution in [0.4, 0.5) is 0 Å². The van der Waals surface area contributed by atoms with Crippen LogP contribution in [0.25, 0.3) is 0 Å². The van der Waals surface area contributed by atoms with E-state index in [9.17, 15) is 9.59 Å². The van der Waals surface area contributed by atoms with Gasteiger partial charge in [0.1, 0.15) is 6.54 Å². The number of hydrogen-bond donors (Lipinski definition) is 0. The van der Waals surface area contributed by atoms with Crippen molar-refractivity contribution in [3.8, 4) is 0 Å². The molecular formula is C13H19ClN4O3. The first-order valence-corrected chi connectivity index (χ1v) is 7.64. The van der Waals surface area contributed by atoms with Crippen LogP contribution in [0.2, 0.25) is 0 Å². The van der Waals surface area contributed by atoms with E-state index in [1.165, 1.54) is 4.68 Å². The smallest absolute Gasteiger partial charge is 0.360 e. The highest BCUT2D eigenvalue weighted by Crippen LogP contribution is 2.13. The number of halogens is 1. The van der Waals surface area contributed by atoms with E-state index in [0.717, 1.165) is 32.4 Å². The molecule has 0 atom stereocenters. The van der Waals surface area contributed by atoms with Crippen LogP contribution in [0.5, 0.6) is 0 Å².